The lowest BCUT2D eigenvalue weighted by Crippen LogP contribution is -2.21. The summed E-state index contributed by atoms with van der Waals surface area (Å²) in [5.41, 5.74) is 0.826. The first-order chi connectivity index (χ1) is 7.43. The average molecular weight is 206 g/mol. The fraction of sp³-hybridized carbons (Fsp3) is 0.417. The quantitative estimate of drug-likeness (QED) is 0.727. The van der Waals surface area contributed by atoms with Crippen LogP contribution in [0.3, 0.4) is 0 Å². The van der Waals surface area contributed by atoms with E-state index >= 15 is 0 Å². The Morgan fingerprint density at radius 2 is 1.73 bits per heavy atom. The molecule has 3 heteroatoms. The van der Waals surface area contributed by atoms with E-state index in [4.69, 9.17) is 0 Å². The molecule has 0 spiro atoms. The number of carbonyl (C=O) groups excluding carboxylic acids is 1. The van der Waals surface area contributed by atoms with Gasteiger partial charge in [-0.15, -0.1) is 0 Å². The van der Waals surface area contributed by atoms with Crippen molar-refractivity contribution >= 4 is 12.1 Å². The summed E-state index contributed by atoms with van der Waals surface area (Å²) >= 11 is 0. The first-order valence-corrected chi connectivity index (χ1v) is 5.39. The molecule has 1 aromatic carbocycles. The summed E-state index contributed by atoms with van der Waals surface area (Å²) in [5.74, 6) is 0. The van der Waals surface area contributed by atoms with Gasteiger partial charge in [-0.05, 0) is 38.1 Å². The SMILES string of the molecule is C1CCNCC1.O=CNc1ccccc1. The molecular weight excluding hydrogens is 188 g/mol. The molecule has 0 radical (unpaired) electrons. The normalized spacial score (nSPS) is 14.7. The van der Waals surface area contributed by atoms with Crippen LogP contribution >= 0.6 is 0 Å². The van der Waals surface area contributed by atoms with Crippen molar-refractivity contribution in [2.24, 2.45) is 0 Å². The van der Waals surface area contributed by atoms with Gasteiger partial charge in [-0.3, -0.25) is 4.79 Å². The monoisotopic (exact) mass is 206 g/mol. The second-order valence-electron chi connectivity index (χ2n) is 3.44. The minimum atomic E-state index is 0.662. The van der Waals surface area contributed by atoms with E-state index in [0.717, 1.165) is 5.69 Å². The summed E-state index contributed by atoms with van der Waals surface area (Å²) in [6.45, 7) is 2.50. The fourth-order valence-corrected chi connectivity index (χ4v) is 1.40. The van der Waals surface area contributed by atoms with Crippen molar-refractivity contribution in [3.05, 3.63) is 30.3 Å². The topological polar surface area (TPSA) is 41.1 Å². The van der Waals surface area contributed by atoms with E-state index in [9.17, 15) is 4.79 Å². The first kappa shape index (κ1) is 11.7. The molecule has 0 unspecified atom stereocenters. The van der Waals surface area contributed by atoms with Crippen LogP contribution in [0.15, 0.2) is 30.3 Å². The summed E-state index contributed by atoms with van der Waals surface area (Å²) in [5, 5.41) is 5.81. The van der Waals surface area contributed by atoms with E-state index in [1.807, 2.05) is 30.3 Å². The smallest absolute Gasteiger partial charge is 0.211 e. The molecule has 1 aliphatic heterocycles. The second-order valence-corrected chi connectivity index (χ2v) is 3.44. The molecule has 1 fully saturated rings. The highest BCUT2D eigenvalue weighted by atomic mass is 16.1. The highest BCUT2D eigenvalue weighted by Crippen LogP contribution is 2.01. The molecule has 0 bridgehead atoms. The van der Waals surface area contributed by atoms with Crippen molar-refractivity contribution in [3.63, 3.8) is 0 Å². The number of anilines is 1. The van der Waals surface area contributed by atoms with Gasteiger partial charge in [0.15, 0.2) is 0 Å². The predicted molar refractivity (Wildman–Crippen MR) is 62.8 cm³/mol. The van der Waals surface area contributed by atoms with Crippen molar-refractivity contribution < 1.29 is 4.79 Å². The van der Waals surface area contributed by atoms with Crippen LogP contribution in [0.5, 0.6) is 0 Å². The van der Waals surface area contributed by atoms with Crippen LogP contribution in [-0.4, -0.2) is 19.5 Å². The molecule has 0 aromatic heterocycles. The van der Waals surface area contributed by atoms with Gasteiger partial charge in [0.05, 0.1) is 0 Å². The minimum Gasteiger partial charge on any atom is -0.329 e. The van der Waals surface area contributed by atoms with Crippen molar-refractivity contribution in [2.45, 2.75) is 19.3 Å². The maximum atomic E-state index is 9.86. The summed E-state index contributed by atoms with van der Waals surface area (Å²) in [6, 6.07) is 9.29. The van der Waals surface area contributed by atoms with Crippen LogP contribution in [0.2, 0.25) is 0 Å². The summed E-state index contributed by atoms with van der Waals surface area (Å²) < 4.78 is 0. The molecule has 2 rings (SSSR count). The third-order valence-electron chi connectivity index (χ3n) is 2.21. The van der Waals surface area contributed by atoms with Crippen LogP contribution in [0, 0.1) is 0 Å². The van der Waals surface area contributed by atoms with E-state index in [2.05, 4.69) is 10.6 Å². The lowest BCUT2D eigenvalue weighted by molar-refractivity contribution is -0.105. The number of carbonyl (C=O) groups is 1. The highest BCUT2D eigenvalue weighted by molar-refractivity contribution is 5.70. The minimum absolute atomic E-state index is 0.662. The zero-order chi connectivity index (χ0) is 10.8. The van der Waals surface area contributed by atoms with E-state index in [-0.39, 0.29) is 0 Å². The molecule has 0 aliphatic carbocycles. The zero-order valence-electron chi connectivity index (χ0n) is 8.91. The summed E-state index contributed by atoms with van der Waals surface area (Å²) in [7, 11) is 0. The molecule has 1 heterocycles. The zero-order valence-corrected chi connectivity index (χ0v) is 8.91. The van der Waals surface area contributed by atoms with E-state index in [1.165, 1.54) is 32.4 Å². The fourth-order valence-electron chi connectivity index (χ4n) is 1.40. The summed E-state index contributed by atoms with van der Waals surface area (Å²) in [6.07, 6.45) is 4.88. The first-order valence-electron chi connectivity index (χ1n) is 5.39. The molecule has 2 N–H and O–H groups in total. The highest BCUT2D eigenvalue weighted by Gasteiger charge is 1.93. The van der Waals surface area contributed by atoms with Gasteiger partial charge in [-0.1, -0.05) is 24.6 Å². The average Bonchev–Trinajstić information content (AvgIpc) is 2.34. The Kier molecular flexibility index (Phi) is 6.25. The summed E-state index contributed by atoms with van der Waals surface area (Å²) in [4.78, 5) is 9.86. The molecule has 1 saturated heterocycles. The largest absolute Gasteiger partial charge is 0.329 e. The van der Waals surface area contributed by atoms with Crippen molar-refractivity contribution in [2.75, 3.05) is 18.4 Å². The Morgan fingerprint density at radius 1 is 1.07 bits per heavy atom. The molecule has 82 valence electrons. The molecular formula is C12H18N2O. The van der Waals surface area contributed by atoms with E-state index in [1.54, 1.807) is 0 Å². The number of amides is 1. The maximum Gasteiger partial charge on any atom is 0.211 e. The number of para-hydroxylation sites is 1. The van der Waals surface area contributed by atoms with Gasteiger partial charge in [0.2, 0.25) is 6.41 Å². The molecule has 3 nitrogen and oxygen atoms in total. The Morgan fingerprint density at radius 3 is 2.13 bits per heavy atom. The van der Waals surface area contributed by atoms with Crippen LogP contribution in [0.4, 0.5) is 5.69 Å². The standard InChI is InChI=1S/C7H7NO.C5H11N/c9-6-8-7-4-2-1-3-5-7;1-2-4-6-5-3-1/h1-6H,(H,8,9);6H,1-5H2. The number of piperidine rings is 1. The number of hydrogen-bond donors (Lipinski definition) is 2. The Labute approximate surface area is 90.9 Å². The van der Waals surface area contributed by atoms with Crippen LogP contribution in [0.1, 0.15) is 19.3 Å². The molecule has 1 aromatic rings. The molecule has 1 aliphatic rings. The van der Waals surface area contributed by atoms with Gasteiger partial charge in [-0.2, -0.15) is 0 Å². The third kappa shape index (κ3) is 5.86. The van der Waals surface area contributed by atoms with Crippen LogP contribution in [0.25, 0.3) is 0 Å². The second kappa shape index (κ2) is 8.00. The Bertz CT molecular complexity index is 246. The van der Waals surface area contributed by atoms with Crippen molar-refractivity contribution in [1.82, 2.24) is 5.32 Å². The van der Waals surface area contributed by atoms with Crippen LogP contribution in [-0.2, 0) is 4.79 Å². The molecule has 1 amide bonds. The van der Waals surface area contributed by atoms with Gasteiger partial charge in [0, 0.05) is 5.69 Å². The number of benzene rings is 1. The third-order valence-corrected chi connectivity index (χ3v) is 2.21. The Hall–Kier alpha value is -1.35. The number of hydrogen-bond acceptors (Lipinski definition) is 2. The Balaban J connectivity index is 0.000000162. The molecule has 0 atom stereocenters. The van der Waals surface area contributed by atoms with Gasteiger partial charge in [0.25, 0.3) is 0 Å². The lowest BCUT2D eigenvalue weighted by atomic mass is 10.2. The van der Waals surface area contributed by atoms with Gasteiger partial charge >= 0.3 is 0 Å². The number of rotatable bonds is 2. The predicted octanol–water partition coefficient (Wildman–Crippen LogP) is 2.01. The maximum absolute atomic E-state index is 9.86. The van der Waals surface area contributed by atoms with Gasteiger partial charge < -0.3 is 10.6 Å². The number of nitrogens with one attached hydrogen (secondary N) is 2. The van der Waals surface area contributed by atoms with Crippen molar-refractivity contribution in [1.29, 1.82) is 0 Å². The van der Waals surface area contributed by atoms with E-state index in [0.29, 0.717) is 6.41 Å². The van der Waals surface area contributed by atoms with Gasteiger partial charge in [-0.25, -0.2) is 0 Å². The van der Waals surface area contributed by atoms with E-state index < -0.39 is 0 Å². The van der Waals surface area contributed by atoms with Crippen LogP contribution < -0.4 is 10.6 Å². The molecule has 15 heavy (non-hydrogen) atoms. The van der Waals surface area contributed by atoms with Crippen molar-refractivity contribution in [3.8, 4) is 0 Å². The lowest BCUT2D eigenvalue weighted by Gasteiger charge is -2.08. The van der Waals surface area contributed by atoms with Gasteiger partial charge in [0.1, 0.15) is 0 Å². The molecule has 0 saturated carbocycles.